The van der Waals surface area contributed by atoms with Crippen LogP contribution in [0.15, 0.2) is 60.8 Å². The molecule has 1 unspecified atom stereocenters. The van der Waals surface area contributed by atoms with Gasteiger partial charge in [0.2, 0.25) is 0 Å². The van der Waals surface area contributed by atoms with Gasteiger partial charge in [0.1, 0.15) is 6.10 Å². The average Bonchev–Trinajstić information content (AvgIpc) is 3.24. The van der Waals surface area contributed by atoms with E-state index in [1.807, 2.05) is 0 Å². The van der Waals surface area contributed by atoms with Crippen molar-refractivity contribution in [1.82, 2.24) is 0 Å². The largest absolute Gasteiger partial charge is 0.457 e. The van der Waals surface area contributed by atoms with Gasteiger partial charge in [0, 0.05) is 13.0 Å². The molecule has 0 aliphatic heterocycles. The van der Waals surface area contributed by atoms with Gasteiger partial charge in [0.25, 0.3) is 0 Å². The molecule has 0 bridgehead atoms. The van der Waals surface area contributed by atoms with Gasteiger partial charge in [-0.15, -0.1) is 0 Å². The number of esters is 1. The first-order valence-electron chi connectivity index (χ1n) is 25.9. The SMILES string of the molecule is CC/C=C\C/C=C\C/C=C\C/C=C\CCCCCCCCCCCCCCC(=O)OC(CO)COCCCCCCCCCCCC/C=C\CCCCCCCCCC. The molecule has 0 aliphatic carbocycles. The maximum atomic E-state index is 12.3. The molecule has 0 radical (unpaired) electrons. The fraction of sp³-hybridized carbons (Fsp3) is 0.800. The quantitative estimate of drug-likeness (QED) is 0.0377. The van der Waals surface area contributed by atoms with Gasteiger partial charge in [-0.05, 0) is 77.0 Å². The summed E-state index contributed by atoms with van der Waals surface area (Å²) >= 11 is 0. The number of hydrogen-bond acceptors (Lipinski definition) is 4. The van der Waals surface area contributed by atoms with Crippen LogP contribution in [0.3, 0.4) is 0 Å². The van der Waals surface area contributed by atoms with Gasteiger partial charge in [-0.3, -0.25) is 4.79 Å². The Morgan fingerprint density at radius 2 is 0.763 bits per heavy atom. The third-order valence-electron chi connectivity index (χ3n) is 11.3. The van der Waals surface area contributed by atoms with Crippen molar-refractivity contribution >= 4 is 5.97 Å². The molecule has 0 aliphatic rings. The Morgan fingerprint density at radius 1 is 0.424 bits per heavy atom. The molecule has 1 N–H and O–H groups in total. The maximum Gasteiger partial charge on any atom is 0.306 e. The van der Waals surface area contributed by atoms with Gasteiger partial charge >= 0.3 is 5.97 Å². The number of carbonyl (C=O) groups is 1. The number of carbonyl (C=O) groups excluding carboxylic acids is 1. The zero-order valence-corrected chi connectivity index (χ0v) is 39.5. The number of allylic oxidation sites excluding steroid dienone is 10. The molecule has 4 nitrogen and oxygen atoms in total. The molecule has 0 aromatic heterocycles. The molecule has 344 valence electrons. The Hall–Kier alpha value is -1.91. The van der Waals surface area contributed by atoms with Gasteiger partial charge in [-0.2, -0.15) is 0 Å². The molecule has 0 rings (SSSR count). The van der Waals surface area contributed by atoms with Crippen LogP contribution in [0, 0.1) is 0 Å². The molecule has 0 spiro atoms. The minimum atomic E-state index is -0.538. The predicted molar refractivity (Wildman–Crippen MR) is 260 cm³/mol. The Labute approximate surface area is 368 Å². The van der Waals surface area contributed by atoms with Crippen molar-refractivity contribution < 1.29 is 19.4 Å². The maximum absolute atomic E-state index is 12.3. The highest BCUT2D eigenvalue weighted by Crippen LogP contribution is 2.15. The second-order valence-electron chi connectivity index (χ2n) is 17.2. The minimum absolute atomic E-state index is 0.173. The third kappa shape index (κ3) is 50.3. The minimum Gasteiger partial charge on any atom is -0.457 e. The van der Waals surface area contributed by atoms with Crippen LogP contribution in [-0.2, 0) is 14.3 Å². The molecule has 0 fully saturated rings. The van der Waals surface area contributed by atoms with Crippen molar-refractivity contribution in [3.8, 4) is 0 Å². The number of rotatable bonds is 48. The van der Waals surface area contributed by atoms with E-state index in [1.165, 1.54) is 193 Å². The number of hydrogen-bond donors (Lipinski definition) is 1. The van der Waals surface area contributed by atoms with E-state index in [0.717, 1.165) is 44.9 Å². The second kappa shape index (κ2) is 52.2. The molecule has 59 heavy (non-hydrogen) atoms. The Morgan fingerprint density at radius 3 is 1.17 bits per heavy atom. The predicted octanol–water partition coefficient (Wildman–Crippen LogP) is 17.6. The molecule has 1 atom stereocenters. The van der Waals surface area contributed by atoms with Crippen LogP contribution < -0.4 is 0 Å². The number of ether oxygens (including phenoxy) is 2. The van der Waals surface area contributed by atoms with Gasteiger partial charge in [0.15, 0.2) is 0 Å². The van der Waals surface area contributed by atoms with Crippen molar-refractivity contribution in [2.75, 3.05) is 19.8 Å². The van der Waals surface area contributed by atoms with E-state index in [0.29, 0.717) is 19.6 Å². The highest BCUT2D eigenvalue weighted by Gasteiger charge is 2.13. The lowest BCUT2D eigenvalue weighted by molar-refractivity contribution is -0.154. The summed E-state index contributed by atoms with van der Waals surface area (Å²) in [7, 11) is 0. The Balaban J connectivity index is 3.41. The van der Waals surface area contributed by atoms with E-state index in [1.54, 1.807) is 0 Å². The fourth-order valence-electron chi connectivity index (χ4n) is 7.49. The lowest BCUT2D eigenvalue weighted by Gasteiger charge is -2.16. The summed E-state index contributed by atoms with van der Waals surface area (Å²) in [4.78, 5) is 12.3. The average molecular weight is 825 g/mol. The van der Waals surface area contributed by atoms with Gasteiger partial charge in [0.05, 0.1) is 13.2 Å². The van der Waals surface area contributed by atoms with Gasteiger partial charge in [-0.25, -0.2) is 0 Å². The zero-order valence-electron chi connectivity index (χ0n) is 39.5. The highest BCUT2D eigenvalue weighted by molar-refractivity contribution is 5.69. The molecule has 0 aromatic carbocycles. The smallest absolute Gasteiger partial charge is 0.306 e. The van der Waals surface area contributed by atoms with Crippen LogP contribution >= 0.6 is 0 Å². The van der Waals surface area contributed by atoms with Crippen LogP contribution in [0.25, 0.3) is 0 Å². The number of aliphatic hydroxyl groups excluding tert-OH is 1. The van der Waals surface area contributed by atoms with Crippen LogP contribution in [0.4, 0.5) is 0 Å². The first-order valence-corrected chi connectivity index (χ1v) is 25.9. The number of unbranched alkanes of at least 4 members (excludes halogenated alkanes) is 30. The lowest BCUT2D eigenvalue weighted by atomic mass is 10.0. The van der Waals surface area contributed by atoms with Crippen molar-refractivity contribution in [1.29, 1.82) is 0 Å². The second-order valence-corrected chi connectivity index (χ2v) is 17.2. The number of aliphatic hydroxyl groups is 1. The summed E-state index contributed by atoms with van der Waals surface area (Å²) in [5, 5.41) is 9.66. The van der Waals surface area contributed by atoms with E-state index in [9.17, 15) is 9.90 Å². The van der Waals surface area contributed by atoms with Crippen molar-refractivity contribution in [2.45, 2.75) is 264 Å². The molecule has 0 aromatic rings. The van der Waals surface area contributed by atoms with Crippen LogP contribution in [0.2, 0.25) is 0 Å². The highest BCUT2D eigenvalue weighted by atomic mass is 16.6. The fourth-order valence-corrected chi connectivity index (χ4v) is 7.49. The molecular formula is C55H100O4. The van der Waals surface area contributed by atoms with Crippen molar-refractivity contribution in [2.24, 2.45) is 0 Å². The molecule has 0 heterocycles. The summed E-state index contributed by atoms with van der Waals surface area (Å²) in [6.07, 6.45) is 70.3. The van der Waals surface area contributed by atoms with Gasteiger partial charge in [-0.1, -0.05) is 235 Å². The van der Waals surface area contributed by atoms with E-state index in [4.69, 9.17) is 9.47 Å². The molecule has 0 saturated carbocycles. The normalized spacial score (nSPS) is 12.8. The summed E-state index contributed by atoms with van der Waals surface area (Å²) < 4.78 is 11.2. The first-order chi connectivity index (χ1) is 29.2. The van der Waals surface area contributed by atoms with Crippen molar-refractivity contribution in [3.63, 3.8) is 0 Å². The Kier molecular flexibility index (Phi) is 50.5. The third-order valence-corrected chi connectivity index (χ3v) is 11.3. The summed E-state index contributed by atoms with van der Waals surface area (Å²) in [5.74, 6) is -0.202. The van der Waals surface area contributed by atoms with Gasteiger partial charge < -0.3 is 14.6 Å². The van der Waals surface area contributed by atoms with Crippen LogP contribution in [-0.4, -0.2) is 37.0 Å². The summed E-state index contributed by atoms with van der Waals surface area (Å²) in [6.45, 7) is 5.26. The van der Waals surface area contributed by atoms with E-state index in [2.05, 4.69) is 74.6 Å². The van der Waals surface area contributed by atoms with E-state index in [-0.39, 0.29) is 12.6 Å². The topological polar surface area (TPSA) is 55.8 Å². The van der Waals surface area contributed by atoms with E-state index < -0.39 is 6.10 Å². The van der Waals surface area contributed by atoms with E-state index >= 15 is 0 Å². The molecule has 0 amide bonds. The lowest BCUT2D eigenvalue weighted by Crippen LogP contribution is -2.27. The van der Waals surface area contributed by atoms with Crippen LogP contribution in [0.1, 0.15) is 258 Å². The molecule has 0 saturated heterocycles. The standard InChI is InChI=1S/C55H100O4/c1-3-5-7-9-11-13-15-17-19-21-23-25-27-28-29-30-32-34-36-38-40-42-44-46-48-50-55(57)59-54(52-56)53-58-51-49-47-45-43-41-39-37-35-33-31-26-24-22-20-18-16-14-12-10-8-6-4-2/h5,7,11,13,17,19,22-25,54,56H,3-4,6,8-10,12,14-16,18,20-21,26-53H2,1-2H3/b7-5-,13-11-,19-17-,24-22-,25-23-. The molecular weight excluding hydrogens is 725 g/mol. The molecule has 4 heteroatoms. The summed E-state index contributed by atoms with van der Waals surface area (Å²) in [6, 6.07) is 0. The monoisotopic (exact) mass is 825 g/mol. The zero-order chi connectivity index (χ0) is 42.6. The first kappa shape index (κ1) is 57.1. The Bertz CT molecular complexity index is 962. The van der Waals surface area contributed by atoms with Crippen molar-refractivity contribution in [3.05, 3.63) is 60.8 Å². The summed E-state index contributed by atoms with van der Waals surface area (Å²) in [5.41, 5.74) is 0. The van der Waals surface area contributed by atoms with Crippen LogP contribution in [0.5, 0.6) is 0 Å².